The Balaban J connectivity index is 2.46. The molecule has 0 saturated heterocycles. The first kappa shape index (κ1) is 19.4. The quantitative estimate of drug-likeness (QED) is 0.534. The number of benzene rings is 1. The summed E-state index contributed by atoms with van der Waals surface area (Å²) in [6.45, 7) is 1.84. The number of methoxy groups -OCH3 is 3. The first-order valence-electron chi connectivity index (χ1n) is 7.56. The molecule has 0 bridgehead atoms. The Morgan fingerprint density at radius 1 is 1.19 bits per heavy atom. The lowest BCUT2D eigenvalue weighted by molar-refractivity contribution is -0.143. The lowest BCUT2D eigenvalue weighted by atomic mass is 10.1. The van der Waals surface area contributed by atoms with Crippen LogP contribution in [0.1, 0.15) is 18.7 Å². The van der Waals surface area contributed by atoms with Crippen molar-refractivity contribution in [3.63, 3.8) is 0 Å². The van der Waals surface area contributed by atoms with E-state index in [2.05, 4.69) is 10.2 Å². The smallest absolute Gasteiger partial charge is 0.325 e. The topological polar surface area (TPSA) is 119 Å². The molecule has 0 saturated carbocycles. The van der Waals surface area contributed by atoms with Crippen molar-refractivity contribution in [3.8, 4) is 28.7 Å². The molecule has 0 spiro atoms. The van der Waals surface area contributed by atoms with Crippen LogP contribution < -0.4 is 19.9 Å². The zero-order valence-corrected chi connectivity index (χ0v) is 15.6. The van der Waals surface area contributed by atoms with Crippen LogP contribution >= 0.6 is 12.2 Å². The zero-order chi connectivity index (χ0) is 19.3. The molecule has 2 N–H and O–H groups in total. The van der Waals surface area contributed by atoms with Crippen LogP contribution in [0.3, 0.4) is 0 Å². The average molecular weight is 381 g/mol. The second kappa shape index (κ2) is 8.48. The molecule has 0 fully saturated rings. The van der Waals surface area contributed by atoms with Gasteiger partial charge in [-0.2, -0.15) is 0 Å². The Morgan fingerprint density at radius 3 is 2.27 bits per heavy atom. The molecule has 0 radical (unpaired) electrons. The molecule has 0 aliphatic carbocycles. The highest BCUT2D eigenvalue weighted by atomic mass is 32.1. The maximum Gasteiger partial charge on any atom is 0.325 e. The number of aromatic nitrogens is 2. The van der Waals surface area contributed by atoms with Crippen molar-refractivity contribution in [3.05, 3.63) is 18.0 Å². The summed E-state index contributed by atoms with van der Waals surface area (Å²) in [6.07, 6.45) is 0. The highest BCUT2D eigenvalue weighted by molar-refractivity contribution is 7.80. The number of nitrogens with zero attached hydrogens (tertiary/aromatic N) is 2. The Labute approximate surface area is 155 Å². The predicted octanol–water partition coefficient (Wildman–Crippen LogP) is 1.70. The molecular formula is C16H19N3O6S. The van der Waals surface area contributed by atoms with Gasteiger partial charge in [-0.3, -0.25) is 4.79 Å². The van der Waals surface area contributed by atoms with E-state index in [9.17, 15) is 4.79 Å². The van der Waals surface area contributed by atoms with Gasteiger partial charge in [0.15, 0.2) is 17.4 Å². The first-order chi connectivity index (χ1) is 12.5. The molecule has 1 heterocycles. The predicted molar refractivity (Wildman–Crippen MR) is 95.5 cm³/mol. The first-order valence-corrected chi connectivity index (χ1v) is 7.97. The van der Waals surface area contributed by atoms with E-state index < -0.39 is 11.9 Å². The van der Waals surface area contributed by atoms with Crippen LogP contribution in [0.4, 0.5) is 0 Å². The van der Waals surface area contributed by atoms with Gasteiger partial charge in [-0.25, -0.2) is 0 Å². The van der Waals surface area contributed by atoms with Gasteiger partial charge in [0.05, 0.1) is 32.9 Å². The summed E-state index contributed by atoms with van der Waals surface area (Å²) in [4.78, 5) is 11.9. The number of thiocarbonyl (C=S) groups is 1. The van der Waals surface area contributed by atoms with Gasteiger partial charge < -0.3 is 29.1 Å². The second-order valence-corrected chi connectivity index (χ2v) is 5.42. The Kier molecular flexibility index (Phi) is 6.34. The van der Waals surface area contributed by atoms with Crippen molar-refractivity contribution in [2.75, 3.05) is 27.9 Å². The lowest BCUT2D eigenvalue weighted by Crippen LogP contribution is -2.28. The minimum atomic E-state index is -1.12. The molecule has 10 heteroatoms. The summed E-state index contributed by atoms with van der Waals surface area (Å²) in [6, 6.07) is 3.28. The van der Waals surface area contributed by atoms with E-state index in [1.165, 1.54) is 21.3 Å². The van der Waals surface area contributed by atoms with Crippen molar-refractivity contribution in [2.24, 2.45) is 5.73 Å². The normalized spacial score (nSPS) is 11.5. The third-order valence-corrected chi connectivity index (χ3v) is 3.64. The maximum absolute atomic E-state index is 12.0. The van der Waals surface area contributed by atoms with E-state index in [-0.39, 0.29) is 23.4 Å². The number of esters is 1. The van der Waals surface area contributed by atoms with Gasteiger partial charge in [0.1, 0.15) is 0 Å². The summed E-state index contributed by atoms with van der Waals surface area (Å²) in [5.41, 5.74) is 6.13. The van der Waals surface area contributed by atoms with Gasteiger partial charge in [0.25, 0.3) is 0 Å². The molecule has 26 heavy (non-hydrogen) atoms. The summed E-state index contributed by atoms with van der Waals surface area (Å²) < 4.78 is 26.4. The number of carbonyl (C=O) groups excluding carboxylic acids is 1. The van der Waals surface area contributed by atoms with Crippen LogP contribution in [0.2, 0.25) is 0 Å². The highest BCUT2D eigenvalue weighted by Crippen LogP contribution is 2.41. The van der Waals surface area contributed by atoms with E-state index in [1.807, 2.05) is 0 Å². The van der Waals surface area contributed by atoms with Gasteiger partial charge in [-0.1, -0.05) is 12.2 Å². The number of hydrogen-bond donors (Lipinski definition) is 1. The van der Waals surface area contributed by atoms with Gasteiger partial charge in [0.2, 0.25) is 17.5 Å². The molecular weight excluding hydrogens is 362 g/mol. The standard InChI is InChI=1S/C16H19N3O6S/c1-5-24-16(20)11(13(17)26)15-19-18-14(25-15)8-6-9(21-2)12(23-4)10(7-8)22-3/h6-7,11H,5H2,1-4H3,(H2,17,26). The maximum atomic E-state index is 12.0. The molecule has 9 nitrogen and oxygen atoms in total. The van der Waals surface area contributed by atoms with Crippen molar-refractivity contribution in [2.45, 2.75) is 12.8 Å². The second-order valence-electron chi connectivity index (χ2n) is 4.95. The lowest BCUT2D eigenvalue weighted by Gasteiger charge is -2.13. The molecule has 1 aromatic carbocycles. The number of ether oxygens (including phenoxy) is 4. The van der Waals surface area contributed by atoms with Crippen molar-refractivity contribution in [1.82, 2.24) is 10.2 Å². The van der Waals surface area contributed by atoms with E-state index in [0.29, 0.717) is 22.8 Å². The van der Waals surface area contributed by atoms with Gasteiger partial charge in [-0.05, 0) is 19.1 Å². The van der Waals surface area contributed by atoms with Gasteiger partial charge >= 0.3 is 5.97 Å². The van der Waals surface area contributed by atoms with Crippen molar-refractivity contribution < 1.29 is 28.2 Å². The third-order valence-electron chi connectivity index (χ3n) is 3.41. The van der Waals surface area contributed by atoms with E-state index in [4.69, 9.17) is 41.3 Å². The summed E-state index contributed by atoms with van der Waals surface area (Å²) in [7, 11) is 4.48. The minimum absolute atomic E-state index is 0.0558. The molecule has 2 aromatic rings. The van der Waals surface area contributed by atoms with Crippen molar-refractivity contribution in [1.29, 1.82) is 0 Å². The number of nitrogens with two attached hydrogens (primary N) is 1. The average Bonchev–Trinajstić information content (AvgIpc) is 3.09. The van der Waals surface area contributed by atoms with E-state index in [1.54, 1.807) is 19.1 Å². The highest BCUT2D eigenvalue weighted by Gasteiger charge is 2.31. The van der Waals surface area contributed by atoms with Crippen LogP contribution in [-0.2, 0) is 9.53 Å². The molecule has 0 aliphatic heterocycles. The molecule has 140 valence electrons. The molecule has 0 amide bonds. The Morgan fingerprint density at radius 2 is 1.81 bits per heavy atom. The number of carbonyl (C=O) groups is 1. The summed E-state index contributed by atoms with van der Waals surface area (Å²) in [5.74, 6) is -0.445. The van der Waals surface area contributed by atoms with Crippen LogP contribution in [-0.4, -0.2) is 49.1 Å². The molecule has 1 atom stereocenters. The largest absolute Gasteiger partial charge is 0.493 e. The van der Waals surface area contributed by atoms with Crippen LogP contribution in [0.5, 0.6) is 17.2 Å². The van der Waals surface area contributed by atoms with Gasteiger partial charge in [-0.15, -0.1) is 10.2 Å². The number of hydrogen-bond acceptors (Lipinski definition) is 9. The third kappa shape index (κ3) is 3.85. The number of rotatable bonds is 8. The SMILES string of the molecule is CCOC(=O)C(C(N)=S)c1nnc(-c2cc(OC)c(OC)c(OC)c2)o1. The van der Waals surface area contributed by atoms with E-state index in [0.717, 1.165) is 0 Å². The fourth-order valence-corrected chi connectivity index (χ4v) is 2.43. The molecule has 1 unspecified atom stereocenters. The fraction of sp³-hybridized carbons (Fsp3) is 0.375. The Bertz CT molecular complexity index is 782. The van der Waals surface area contributed by atoms with Gasteiger partial charge in [0, 0.05) is 5.56 Å². The summed E-state index contributed by atoms with van der Waals surface area (Å²) in [5, 5.41) is 7.82. The van der Waals surface area contributed by atoms with Crippen molar-refractivity contribution >= 4 is 23.2 Å². The van der Waals surface area contributed by atoms with Crippen LogP contribution in [0, 0.1) is 0 Å². The van der Waals surface area contributed by atoms with E-state index >= 15 is 0 Å². The monoisotopic (exact) mass is 381 g/mol. The summed E-state index contributed by atoms with van der Waals surface area (Å²) >= 11 is 4.92. The molecule has 1 aromatic heterocycles. The molecule has 2 rings (SSSR count). The van der Waals surface area contributed by atoms with Crippen LogP contribution in [0.25, 0.3) is 11.5 Å². The molecule has 0 aliphatic rings. The van der Waals surface area contributed by atoms with Crippen LogP contribution in [0.15, 0.2) is 16.5 Å². The zero-order valence-electron chi connectivity index (χ0n) is 14.8. The minimum Gasteiger partial charge on any atom is -0.493 e. The Hall–Kier alpha value is -2.88. The fourth-order valence-electron chi connectivity index (χ4n) is 2.24.